The van der Waals surface area contributed by atoms with E-state index < -0.39 is 0 Å². The molecule has 0 radical (unpaired) electrons. The number of benzene rings is 9. The second kappa shape index (κ2) is 14.0. The summed E-state index contributed by atoms with van der Waals surface area (Å²) in [6.07, 6.45) is 0. The van der Waals surface area contributed by atoms with Crippen molar-refractivity contribution in [3.8, 4) is 62.1 Å². The number of fused-ring (bicyclic) bond motifs is 9. The first-order valence-electron chi connectivity index (χ1n) is 21.1. The van der Waals surface area contributed by atoms with E-state index in [4.69, 9.17) is 23.8 Å². The summed E-state index contributed by atoms with van der Waals surface area (Å²) in [6.45, 7) is 0. The minimum atomic E-state index is 0.582. The highest BCUT2D eigenvalue weighted by Gasteiger charge is 2.18. The zero-order chi connectivity index (χ0) is 41.4. The monoisotopic (exact) mass is 806 g/mol. The van der Waals surface area contributed by atoms with Crippen LogP contribution in [0, 0.1) is 0 Å². The van der Waals surface area contributed by atoms with Crippen LogP contribution in [0.5, 0.6) is 0 Å². The lowest BCUT2D eigenvalue weighted by atomic mass is 9.94. The van der Waals surface area contributed by atoms with Gasteiger partial charge in [0.2, 0.25) is 0 Å². The summed E-state index contributed by atoms with van der Waals surface area (Å²) in [6, 6.07) is 71.7. The van der Waals surface area contributed by atoms with Crippen molar-refractivity contribution in [1.29, 1.82) is 0 Å². The first-order chi connectivity index (χ1) is 31.2. The number of hydrogen-bond donors (Lipinski definition) is 0. The molecule has 13 rings (SSSR count). The average Bonchev–Trinajstić information content (AvgIpc) is 4.03. The highest BCUT2D eigenvalue weighted by atomic mass is 16.3. The predicted octanol–water partition coefficient (Wildman–Crippen LogP) is 15.1. The number of para-hydroxylation sites is 4. The van der Waals surface area contributed by atoms with E-state index in [-0.39, 0.29) is 0 Å². The molecule has 13 aromatic rings. The molecule has 0 atom stereocenters. The number of nitrogens with zero attached hydrogens (tertiary/aromatic N) is 4. The smallest absolute Gasteiger partial charge is 0.164 e. The van der Waals surface area contributed by atoms with Crippen LogP contribution in [0.25, 0.3) is 128 Å². The van der Waals surface area contributed by atoms with Gasteiger partial charge in [0, 0.05) is 54.7 Å². The highest BCUT2D eigenvalue weighted by Crippen LogP contribution is 2.39. The standard InChI is InChI=1S/C57H34N4O2/c1-2-12-35(13-3-1)55-58-56(36-22-26-42(27-23-36)61-49-18-8-4-14-43(49)44-15-5-9-19-50(44)61)60-57(59-55)41-31-39(37-24-28-53-47(33-37)45-16-6-10-20-51(45)62-53)30-40(32-41)38-25-29-54-48(34-38)46-17-7-11-21-52(46)63-54/h1-34H. The Balaban J connectivity index is 0.996. The Hall–Kier alpha value is -8.61. The molecule has 6 heteroatoms. The Labute approximate surface area is 361 Å². The molecule has 4 heterocycles. The summed E-state index contributed by atoms with van der Waals surface area (Å²) in [5, 5.41) is 6.76. The van der Waals surface area contributed by atoms with Gasteiger partial charge in [-0.25, -0.2) is 15.0 Å². The van der Waals surface area contributed by atoms with Crippen LogP contribution in [0.15, 0.2) is 215 Å². The minimum absolute atomic E-state index is 0.582. The molecule has 0 unspecified atom stereocenters. The third kappa shape index (κ3) is 5.84. The molecule has 0 saturated carbocycles. The van der Waals surface area contributed by atoms with E-state index in [1.807, 2.05) is 54.6 Å². The molecule has 0 saturated heterocycles. The Kier molecular flexibility index (Phi) is 7.80. The van der Waals surface area contributed by atoms with E-state index in [1.54, 1.807) is 0 Å². The van der Waals surface area contributed by atoms with Crippen LogP contribution in [0.3, 0.4) is 0 Å². The van der Waals surface area contributed by atoms with Crippen molar-refractivity contribution in [2.45, 2.75) is 0 Å². The minimum Gasteiger partial charge on any atom is -0.456 e. The van der Waals surface area contributed by atoms with Gasteiger partial charge in [-0.1, -0.05) is 115 Å². The van der Waals surface area contributed by atoms with Gasteiger partial charge in [-0.2, -0.15) is 0 Å². The van der Waals surface area contributed by atoms with Gasteiger partial charge in [0.1, 0.15) is 22.3 Å². The van der Waals surface area contributed by atoms with Gasteiger partial charge in [-0.15, -0.1) is 0 Å². The highest BCUT2D eigenvalue weighted by molar-refractivity contribution is 6.10. The molecule has 9 aromatic carbocycles. The van der Waals surface area contributed by atoms with Crippen molar-refractivity contribution >= 4 is 65.7 Å². The lowest BCUT2D eigenvalue weighted by Crippen LogP contribution is -2.01. The van der Waals surface area contributed by atoms with Gasteiger partial charge in [0.15, 0.2) is 17.5 Å². The molecular weight excluding hydrogens is 773 g/mol. The van der Waals surface area contributed by atoms with Crippen LogP contribution in [-0.2, 0) is 0 Å². The molecule has 0 fully saturated rings. The van der Waals surface area contributed by atoms with E-state index in [9.17, 15) is 0 Å². The third-order valence-corrected chi connectivity index (χ3v) is 12.2. The van der Waals surface area contributed by atoms with Crippen molar-refractivity contribution in [2.75, 3.05) is 0 Å². The van der Waals surface area contributed by atoms with Crippen molar-refractivity contribution < 1.29 is 8.83 Å². The fourth-order valence-electron chi connectivity index (χ4n) is 9.21. The van der Waals surface area contributed by atoms with Crippen molar-refractivity contribution in [2.24, 2.45) is 0 Å². The second-order valence-corrected chi connectivity index (χ2v) is 16.0. The SMILES string of the molecule is c1ccc(-c2nc(-c3ccc(-n4c5ccccc5c5ccccc54)cc3)nc(-c3cc(-c4ccc5oc6ccccc6c5c4)cc(-c4ccc5oc6ccccc6c5c4)c3)n2)cc1. The molecule has 63 heavy (non-hydrogen) atoms. The number of hydrogen-bond acceptors (Lipinski definition) is 5. The lowest BCUT2D eigenvalue weighted by Gasteiger charge is -2.13. The Morgan fingerprint density at radius 2 is 0.667 bits per heavy atom. The zero-order valence-corrected chi connectivity index (χ0v) is 33.7. The molecular formula is C57H34N4O2. The van der Waals surface area contributed by atoms with E-state index in [0.29, 0.717) is 17.5 Å². The van der Waals surface area contributed by atoms with Crippen LogP contribution in [-0.4, -0.2) is 19.5 Å². The van der Waals surface area contributed by atoms with Crippen LogP contribution >= 0.6 is 0 Å². The summed E-state index contributed by atoms with van der Waals surface area (Å²) in [5.41, 5.74) is 13.7. The molecule has 4 aromatic heterocycles. The molecule has 0 aliphatic rings. The van der Waals surface area contributed by atoms with Crippen LogP contribution in [0.2, 0.25) is 0 Å². The molecule has 6 nitrogen and oxygen atoms in total. The maximum atomic E-state index is 6.24. The first kappa shape index (κ1) is 35.2. The molecule has 0 spiro atoms. The van der Waals surface area contributed by atoms with Crippen molar-refractivity contribution in [1.82, 2.24) is 19.5 Å². The molecule has 0 N–H and O–H groups in total. The summed E-state index contributed by atoms with van der Waals surface area (Å²) >= 11 is 0. The second-order valence-electron chi connectivity index (χ2n) is 16.0. The third-order valence-electron chi connectivity index (χ3n) is 12.2. The van der Waals surface area contributed by atoms with E-state index in [1.165, 1.54) is 10.8 Å². The fourth-order valence-corrected chi connectivity index (χ4v) is 9.21. The van der Waals surface area contributed by atoms with E-state index in [0.717, 1.165) is 99.5 Å². The molecule has 0 bridgehead atoms. The van der Waals surface area contributed by atoms with Crippen LogP contribution < -0.4 is 0 Å². The summed E-state index contributed by atoms with van der Waals surface area (Å²) in [7, 11) is 0. The van der Waals surface area contributed by atoms with Crippen LogP contribution in [0.4, 0.5) is 0 Å². The summed E-state index contributed by atoms with van der Waals surface area (Å²) < 4.78 is 14.8. The fraction of sp³-hybridized carbons (Fsp3) is 0. The Morgan fingerprint density at radius 3 is 1.21 bits per heavy atom. The van der Waals surface area contributed by atoms with Gasteiger partial charge in [0.05, 0.1) is 11.0 Å². The normalized spacial score (nSPS) is 11.8. The van der Waals surface area contributed by atoms with E-state index in [2.05, 4.69) is 156 Å². The first-order valence-corrected chi connectivity index (χ1v) is 21.1. The molecule has 0 aliphatic carbocycles. The van der Waals surface area contributed by atoms with Crippen LogP contribution in [0.1, 0.15) is 0 Å². The molecule has 0 amide bonds. The van der Waals surface area contributed by atoms with Gasteiger partial charge in [-0.3, -0.25) is 0 Å². The van der Waals surface area contributed by atoms with Gasteiger partial charge in [0.25, 0.3) is 0 Å². The topological polar surface area (TPSA) is 69.9 Å². The maximum Gasteiger partial charge on any atom is 0.164 e. The van der Waals surface area contributed by atoms with E-state index >= 15 is 0 Å². The summed E-state index contributed by atoms with van der Waals surface area (Å²) in [5.74, 6) is 1.78. The largest absolute Gasteiger partial charge is 0.456 e. The average molecular weight is 807 g/mol. The number of rotatable bonds is 6. The van der Waals surface area contributed by atoms with Crippen molar-refractivity contribution in [3.63, 3.8) is 0 Å². The van der Waals surface area contributed by atoms with Gasteiger partial charge >= 0.3 is 0 Å². The zero-order valence-electron chi connectivity index (χ0n) is 33.7. The summed E-state index contributed by atoms with van der Waals surface area (Å²) in [4.78, 5) is 15.6. The number of furan rings is 2. The Bertz CT molecular complexity index is 3730. The number of aromatic nitrogens is 4. The molecule has 294 valence electrons. The quantitative estimate of drug-likeness (QED) is 0.167. The Morgan fingerprint density at radius 1 is 0.270 bits per heavy atom. The lowest BCUT2D eigenvalue weighted by molar-refractivity contribution is 0.668. The maximum absolute atomic E-state index is 6.24. The van der Waals surface area contributed by atoms with Gasteiger partial charge < -0.3 is 13.4 Å². The van der Waals surface area contributed by atoms with Crippen molar-refractivity contribution in [3.05, 3.63) is 206 Å². The van der Waals surface area contributed by atoms with Gasteiger partial charge in [-0.05, 0) is 113 Å². The molecule has 0 aliphatic heterocycles. The predicted molar refractivity (Wildman–Crippen MR) is 256 cm³/mol.